The second-order valence-corrected chi connectivity index (χ2v) is 6.36. The molecule has 0 saturated carbocycles. The molecule has 2 rings (SSSR count). The van der Waals surface area contributed by atoms with Gasteiger partial charge in [-0.05, 0) is 65.5 Å². The lowest BCUT2D eigenvalue weighted by Gasteiger charge is -2.35. The second-order valence-electron chi connectivity index (χ2n) is 6.36. The highest BCUT2D eigenvalue weighted by atomic mass is 16.3. The molecule has 1 fully saturated rings. The van der Waals surface area contributed by atoms with Crippen molar-refractivity contribution in [1.29, 1.82) is 0 Å². The highest BCUT2D eigenvalue weighted by Gasteiger charge is 2.24. The van der Waals surface area contributed by atoms with Gasteiger partial charge in [-0.3, -0.25) is 4.90 Å². The minimum atomic E-state index is 0.300. The van der Waals surface area contributed by atoms with Crippen molar-refractivity contribution in [3.63, 3.8) is 0 Å². The number of hydrogen-bond acceptors (Lipinski definition) is 4. The zero-order chi connectivity index (χ0) is 14.5. The van der Waals surface area contributed by atoms with E-state index in [1.165, 1.54) is 25.9 Å². The van der Waals surface area contributed by atoms with Gasteiger partial charge < -0.3 is 14.6 Å². The van der Waals surface area contributed by atoms with Crippen LogP contribution in [0.3, 0.4) is 0 Å². The fourth-order valence-electron chi connectivity index (χ4n) is 3.10. The molecule has 0 amide bonds. The summed E-state index contributed by atoms with van der Waals surface area (Å²) in [5.74, 6) is 1.80. The molecule has 2 heterocycles. The van der Waals surface area contributed by atoms with E-state index >= 15 is 0 Å². The van der Waals surface area contributed by atoms with Gasteiger partial charge in [0.2, 0.25) is 0 Å². The highest BCUT2D eigenvalue weighted by Crippen LogP contribution is 2.21. The van der Waals surface area contributed by atoms with Crippen LogP contribution in [0.1, 0.15) is 31.6 Å². The van der Waals surface area contributed by atoms with E-state index in [9.17, 15) is 0 Å². The quantitative estimate of drug-likeness (QED) is 0.865. The fraction of sp³-hybridized carbons (Fsp3) is 0.750. The van der Waals surface area contributed by atoms with E-state index in [0.717, 1.165) is 18.2 Å². The molecule has 0 spiro atoms. The van der Waals surface area contributed by atoms with Gasteiger partial charge in [-0.1, -0.05) is 0 Å². The van der Waals surface area contributed by atoms with Crippen molar-refractivity contribution in [2.24, 2.45) is 5.92 Å². The van der Waals surface area contributed by atoms with Gasteiger partial charge in [0.15, 0.2) is 0 Å². The molecular weight excluding hydrogens is 250 g/mol. The summed E-state index contributed by atoms with van der Waals surface area (Å²) >= 11 is 0. The van der Waals surface area contributed by atoms with E-state index in [1.54, 1.807) is 6.26 Å². The summed E-state index contributed by atoms with van der Waals surface area (Å²) < 4.78 is 5.56. The molecule has 1 aliphatic heterocycles. The fourth-order valence-corrected chi connectivity index (χ4v) is 3.10. The monoisotopic (exact) mass is 279 g/mol. The summed E-state index contributed by atoms with van der Waals surface area (Å²) in [5, 5.41) is 3.71. The maximum Gasteiger partial charge on any atom is 0.122 e. The number of nitrogens with one attached hydrogen (secondary N) is 1. The standard InChI is InChI=1S/C16H29N3O/c1-13(14-7-5-9-19(4)12-14)17-11-15(18(2)3)16-8-6-10-20-16/h6,8,10,13-15,17H,5,7,9,11-12H2,1-4H3. The van der Waals surface area contributed by atoms with Crippen LogP contribution < -0.4 is 5.32 Å². The summed E-state index contributed by atoms with van der Waals surface area (Å²) in [4.78, 5) is 4.66. The van der Waals surface area contributed by atoms with Crippen LogP contribution in [0.25, 0.3) is 0 Å². The van der Waals surface area contributed by atoms with Crippen molar-refractivity contribution in [3.8, 4) is 0 Å². The molecule has 3 unspecified atom stereocenters. The Bertz CT molecular complexity index is 377. The zero-order valence-electron chi connectivity index (χ0n) is 13.3. The predicted molar refractivity (Wildman–Crippen MR) is 82.8 cm³/mol. The van der Waals surface area contributed by atoms with Crippen LogP contribution in [0, 0.1) is 5.92 Å². The molecule has 1 aromatic heterocycles. The first kappa shape index (κ1) is 15.5. The average molecular weight is 279 g/mol. The van der Waals surface area contributed by atoms with E-state index in [-0.39, 0.29) is 0 Å². The minimum absolute atomic E-state index is 0.300. The number of likely N-dealkylation sites (N-methyl/N-ethyl adjacent to an activating group) is 1. The molecule has 1 N–H and O–H groups in total. The maximum atomic E-state index is 5.56. The SMILES string of the molecule is CC(NCC(c1ccco1)N(C)C)C1CCCN(C)C1. The number of furan rings is 1. The first-order valence-corrected chi connectivity index (χ1v) is 7.69. The summed E-state index contributed by atoms with van der Waals surface area (Å²) in [6.07, 6.45) is 4.42. The lowest BCUT2D eigenvalue weighted by molar-refractivity contribution is 0.169. The Morgan fingerprint density at radius 2 is 2.30 bits per heavy atom. The summed E-state index contributed by atoms with van der Waals surface area (Å²) in [7, 11) is 6.44. The maximum absolute atomic E-state index is 5.56. The molecule has 4 nitrogen and oxygen atoms in total. The average Bonchev–Trinajstić information content (AvgIpc) is 2.92. The molecule has 20 heavy (non-hydrogen) atoms. The molecule has 4 heteroatoms. The summed E-state index contributed by atoms with van der Waals surface area (Å²) in [6, 6.07) is 4.88. The number of piperidine rings is 1. The van der Waals surface area contributed by atoms with Crippen molar-refractivity contribution in [2.45, 2.75) is 31.8 Å². The van der Waals surface area contributed by atoms with Crippen LogP contribution in [0.4, 0.5) is 0 Å². The molecule has 1 aliphatic rings. The smallest absolute Gasteiger partial charge is 0.122 e. The van der Waals surface area contributed by atoms with E-state index in [4.69, 9.17) is 4.42 Å². The number of rotatable bonds is 6. The van der Waals surface area contributed by atoms with Gasteiger partial charge in [0, 0.05) is 19.1 Å². The van der Waals surface area contributed by atoms with Crippen molar-refractivity contribution in [3.05, 3.63) is 24.2 Å². The topological polar surface area (TPSA) is 31.7 Å². The van der Waals surface area contributed by atoms with Crippen molar-refractivity contribution < 1.29 is 4.42 Å². The Morgan fingerprint density at radius 1 is 1.50 bits per heavy atom. The molecule has 3 atom stereocenters. The molecular formula is C16H29N3O. The zero-order valence-corrected chi connectivity index (χ0v) is 13.3. The highest BCUT2D eigenvalue weighted by molar-refractivity contribution is 5.05. The number of hydrogen-bond donors (Lipinski definition) is 1. The molecule has 0 aromatic carbocycles. The third-order valence-corrected chi connectivity index (χ3v) is 4.50. The normalized spacial score (nSPS) is 23.9. The van der Waals surface area contributed by atoms with E-state index in [1.807, 2.05) is 6.07 Å². The predicted octanol–water partition coefficient (Wildman–Crippen LogP) is 2.20. The lowest BCUT2D eigenvalue weighted by Crippen LogP contribution is -2.45. The van der Waals surface area contributed by atoms with Crippen LogP contribution >= 0.6 is 0 Å². The van der Waals surface area contributed by atoms with Gasteiger partial charge >= 0.3 is 0 Å². The first-order valence-electron chi connectivity index (χ1n) is 7.69. The van der Waals surface area contributed by atoms with Crippen LogP contribution in [0.5, 0.6) is 0 Å². The second kappa shape index (κ2) is 7.25. The molecule has 1 saturated heterocycles. The summed E-state index contributed by atoms with van der Waals surface area (Å²) in [6.45, 7) is 5.71. The first-order chi connectivity index (χ1) is 9.58. The molecule has 0 bridgehead atoms. The minimum Gasteiger partial charge on any atom is -0.468 e. The summed E-state index contributed by atoms with van der Waals surface area (Å²) in [5.41, 5.74) is 0. The van der Waals surface area contributed by atoms with E-state index in [0.29, 0.717) is 12.1 Å². The lowest BCUT2D eigenvalue weighted by atomic mass is 9.91. The van der Waals surface area contributed by atoms with E-state index in [2.05, 4.69) is 49.2 Å². The van der Waals surface area contributed by atoms with Crippen molar-refractivity contribution in [2.75, 3.05) is 40.8 Å². The van der Waals surface area contributed by atoms with Gasteiger partial charge in [0.05, 0.1) is 12.3 Å². The van der Waals surface area contributed by atoms with Crippen LogP contribution in [0.2, 0.25) is 0 Å². The Labute approximate surface area is 123 Å². The largest absolute Gasteiger partial charge is 0.468 e. The van der Waals surface area contributed by atoms with Gasteiger partial charge in [-0.2, -0.15) is 0 Å². The van der Waals surface area contributed by atoms with Gasteiger partial charge in [-0.25, -0.2) is 0 Å². The third-order valence-electron chi connectivity index (χ3n) is 4.50. The van der Waals surface area contributed by atoms with Crippen molar-refractivity contribution >= 4 is 0 Å². The Morgan fingerprint density at radius 3 is 2.90 bits per heavy atom. The Kier molecular flexibility index (Phi) is 5.64. The molecule has 0 radical (unpaired) electrons. The van der Waals surface area contributed by atoms with Gasteiger partial charge in [0.1, 0.15) is 5.76 Å². The van der Waals surface area contributed by atoms with Crippen LogP contribution in [-0.4, -0.2) is 56.6 Å². The Hall–Kier alpha value is -0.840. The van der Waals surface area contributed by atoms with E-state index < -0.39 is 0 Å². The number of likely N-dealkylation sites (tertiary alicyclic amines) is 1. The van der Waals surface area contributed by atoms with Gasteiger partial charge in [0.25, 0.3) is 0 Å². The van der Waals surface area contributed by atoms with Crippen LogP contribution in [-0.2, 0) is 0 Å². The van der Waals surface area contributed by atoms with Crippen molar-refractivity contribution in [1.82, 2.24) is 15.1 Å². The molecule has 114 valence electrons. The molecule has 1 aromatic rings. The number of nitrogens with zero attached hydrogens (tertiary/aromatic N) is 2. The third kappa shape index (κ3) is 4.08. The molecule has 0 aliphatic carbocycles. The van der Waals surface area contributed by atoms with Gasteiger partial charge in [-0.15, -0.1) is 0 Å². The Balaban J connectivity index is 1.86. The van der Waals surface area contributed by atoms with Crippen LogP contribution in [0.15, 0.2) is 22.8 Å².